The molecule has 0 aliphatic rings. The number of carboxylic acids is 1. The molecule has 0 fully saturated rings. The third kappa shape index (κ3) is 9.93. The number of carbonyl (C=O) groups is 3. The Hall–Kier alpha value is -2.05. The molecule has 0 saturated carbocycles. The van der Waals surface area contributed by atoms with Gasteiger partial charge >= 0.3 is 12.1 Å². The third-order valence-electron chi connectivity index (χ3n) is 1.98. The Bertz CT molecular complexity index is 385. The molecule has 114 valence electrons. The van der Waals surface area contributed by atoms with E-state index in [1.54, 1.807) is 32.9 Å². The Labute approximate surface area is 118 Å². The van der Waals surface area contributed by atoms with E-state index in [1.807, 2.05) is 0 Å². The first-order valence-corrected chi connectivity index (χ1v) is 6.23. The van der Waals surface area contributed by atoms with Crippen molar-refractivity contribution in [3.05, 3.63) is 12.2 Å². The van der Waals surface area contributed by atoms with Crippen LogP contribution in [0.3, 0.4) is 0 Å². The minimum absolute atomic E-state index is 0.144. The van der Waals surface area contributed by atoms with Crippen LogP contribution in [0, 0.1) is 0 Å². The largest absolute Gasteiger partial charge is 0.480 e. The van der Waals surface area contributed by atoms with Gasteiger partial charge in [0.05, 0.1) is 0 Å². The SMILES string of the molecule is CC(=O)NC(CC=CCNC(=O)OC(C)(C)C)C(=O)O. The smallest absolute Gasteiger partial charge is 0.407 e. The van der Waals surface area contributed by atoms with Crippen molar-refractivity contribution >= 4 is 18.0 Å². The zero-order chi connectivity index (χ0) is 15.8. The van der Waals surface area contributed by atoms with Crippen molar-refractivity contribution in [2.24, 2.45) is 0 Å². The highest BCUT2D eigenvalue weighted by molar-refractivity contribution is 5.82. The third-order valence-corrected chi connectivity index (χ3v) is 1.98. The lowest BCUT2D eigenvalue weighted by Crippen LogP contribution is -2.39. The number of hydrogen-bond donors (Lipinski definition) is 3. The Morgan fingerprint density at radius 1 is 1.25 bits per heavy atom. The fraction of sp³-hybridized carbons (Fsp3) is 0.615. The standard InChI is InChI=1S/C13H22N2O5/c1-9(16)15-10(11(17)18)7-5-6-8-14-12(19)20-13(2,3)4/h5-6,10H,7-8H2,1-4H3,(H,14,19)(H,15,16)(H,17,18). The Balaban J connectivity index is 4.04. The lowest BCUT2D eigenvalue weighted by Gasteiger charge is -2.19. The minimum Gasteiger partial charge on any atom is -0.480 e. The van der Waals surface area contributed by atoms with Crippen molar-refractivity contribution < 1.29 is 24.2 Å². The molecule has 0 spiro atoms. The van der Waals surface area contributed by atoms with Gasteiger partial charge in [-0.2, -0.15) is 0 Å². The van der Waals surface area contributed by atoms with E-state index < -0.39 is 29.6 Å². The van der Waals surface area contributed by atoms with Crippen LogP contribution in [0.1, 0.15) is 34.1 Å². The fourth-order valence-electron chi connectivity index (χ4n) is 1.24. The predicted octanol–water partition coefficient (Wildman–Crippen LogP) is 1.05. The van der Waals surface area contributed by atoms with Gasteiger partial charge in [-0.05, 0) is 27.2 Å². The second-order valence-electron chi connectivity index (χ2n) is 5.18. The number of rotatable bonds is 6. The van der Waals surface area contributed by atoms with E-state index in [9.17, 15) is 14.4 Å². The summed E-state index contributed by atoms with van der Waals surface area (Å²) in [5.74, 6) is -1.51. The average Bonchev–Trinajstić information content (AvgIpc) is 2.23. The highest BCUT2D eigenvalue weighted by atomic mass is 16.6. The number of hydrogen-bond acceptors (Lipinski definition) is 4. The van der Waals surface area contributed by atoms with Gasteiger partial charge in [0.25, 0.3) is 0 Å². The maximum atomic E-state index is 11.3. The van der Waals surface area contributed by atoms with Crippen LogP contribution in [0.15, 0.2) is 12.2 Å². The molecule has 1 unspecified atom stereocenters. The second kappa shape index (κ2) is 8.19. The molecule has 3 N–H and O–H groups in total. The van der Waals surface area contributed by atoms with Gasteiger partial charge in [0, 0.05) is 13.5 Å². The molecule has 0 aromatic rings. The number of carbonyl (C=O) groups excluding carboxylic acids is 2. The van der Waals surface area contributed by atoms with Crippen molar-refractivity contribution in [3.63, 3.8) is 0 Å². The van der Waals surface area contributed by atoms with Crippen LogP contribution in [0.4, 0.5) is 4.79 Å². The van der Waals surface area contributed by atoms with E-state index in [4.69, 9.17) is 9.84 Å². The lowest BCUT2D eigenvalue weighted by molar-refractivity contribution is -0.141. The highest BCUT2D eigenvalue weighted by Gasteiger charge is 2.16. The summed E-state index contributed by atoms with van der Waals surface area (Å²) >= 11 is 0. The van der Waals surface area contributed by atoms with Gasteiger partial charge in [0.1, 0.15) is 11.6 Å². The van der Waals surface area contributed by atoms with Gasteiger partial charge < -0.3 is 20.5 Å². The molecule has 20 heavy (non-hydrogen) atoms. The topological polar surface area (TPSA) is 105 Å². The van der Waals surface area contributed by atoms with Crippen LogP contribution in [0.5, 0.6) is 0 Å². The number of amides is 2. The molecule has 0 aromatic carbocycles. The molecular weight excluding hydrogens is 264 g/mol. The van der Waals surface area contributed by atoms with Crippen LogP contribution in [0.25, 0.3) is 0 Å². The van der Waals surface area contributed by atoms with Crippen LogP contribution in [0.2, 0.25) is 0 Å². The molecule has 0 aromatic heterocycles. The van der Waals surface area contributed by atoms with Crippen molar-refractivity contribution in [3.8, 4) is 0 Å². The number of ether oxygens (including phenoxy) is 1. The molecule has 0 bridgehead atoms. The summed E-state index contributed by atoms with van der Waals surface area (Å²) in [6.07, 6.45) is 2.78. The first-order valence-electron chi connectivity index (χ1n) is 6.23. The molecule has 2 amide bonds. The van der Waals surface area contributed by atoms with Crippen LogP contribution >= 0.6 is 0 Å². The van der Waals surface area contributed by atoms with Crippen LogP contribution < -0.4 is 10.6 Å². The van der Waals surface area contributed by atoms with Gasteiger partial charge in [-0.3, -0.25) is 4.79 Å². The maximum Gasteiger partial charge on any atom is 0.407 e. The molecule has 0 aliphatic carbocycles. The van der Waals surface area contributed by atoms with E-state index >= 15 is 0 Å². The number of nitrogens with one attached hydrogen (secondary N) is 2. The summed E-state index contributed by atoms with van der Waals surface area (Å²) in [6, 6.07) is -0.967. The summed E-state index contributed by atoms with van der Waals surface area (Å²) < 4.78 is 5.02. The Kier molecular flexibility index (Phi) is 7.35. The quantitative estimate of drug-likeness (QED) is 0.633. The monoisotopic (exact) mass is 286 g/mol. The zero-order valence-corrected chi connectivity index (χ0v) is 12.2. The Morgan fingerprint density at radius 2 is 1.85 bits per heavy atom. The molecule has 1 atom stereocenters. The van der Waals surface area contributed by atoms with Crippen molar-refractivity contribution in [2.45, 2.75) is 45.8 Å². The Morgan fingerprint density at radius 3 is 2.30 bits per heavy atom. The van der Waals surface area contributed by atoms with E-state index in [0.29, 0.717) is 0 Å². The maximum absolute atomic E-state index is 11.3. The molecule has 7 nitrogen and oxygen atoms in total. The molecule has 0 heterocycles. The number of aliphatic carboxylic acids is 1. The van der Waals surface area contributed by atoms with Gasteiger partial charge in [-0.1, -0.05) is 12.2 Å². The number of carboxylic acid groups (broad SMARTS) is 1. The van der Waals surface area contributed by atoms with E-state index in [1.165, 1.54) is 6.92 Å². The fourth-order valence-corrected chi connectivity index (χ4v) is 1.24. The molecule has 0 radical (unpaired) electrons. The van der Waals surface area contributed by atoms with Gasteiger partial charge in [-0.25, -0.2) is 9.59 Å². The summed E-state index contributed by atoms with van der Waals surface area (Å²) in [7, 11) is 0. The van der Waals surface area contributed by atoms with E-state index in [0.717, 1.165) is 0 Å². The first-order chi connectivity index (χ1) is 9.11. The van der Waals surface area contributed by atoms with Gasteiger partial charge in [0.15, 0.2) is 0 Å². The first kappa shape index (κ1) is 17.9. The summed E-state index contributed by atoms with van der Waals surface area (Å²) in [5.41, 5.74) is -0.562. The van der Waals surface area contributed by atoms with Gasteiger partial charge in [0.2, 0.25) is 5.91 Å². The van der Waals surface area contributed by atoms with Crippen molar-refractivity contribution in [1.29, 1.82) is 0 Å². The second-order valence-corrected chi connectivity index (χ2v) is 5.18. The highest BCUT2D eigenvalue weighted by Crippen LogP contribution is 2.06. The minimum atomic E-state index is -1.11. The predicted molar refractivity (Wildman–Crippen MR) is 73.2 cm³/mol. The van der Waals surface area contributed by atoms with Gasteiger partial charge in [-0.15, -0.1) is 0 Å². The van der Waals surface area contributed by atoms with Crippen LogP contribution in [-0.2, 0) is 14.3 Å². The molecule has 0 saturated heterocycles. The van der Waals surface area contributed by atoms with Crippen LogP contribution in [-0.4, -0.2) is 41.3 Å². The summed E-state index contributed by atoms with van der Waals surface area (Å²) in [6.45, 7) is 6.75. The molecule has 7 heteroatoms. The molecule has 0 aliphatic heterocycles. The average molecular weight is 286 g/mol. The van der Waals surface area contributed by atoms with Crippen molar-refractivity contribution in [1.82, 2.24) is 10.6 Å². The van der Waals surface area contributed by atoms with Crippen molar-refractivity contribution in [2.75, 3.05) is 6.54 Å². The zero-order valence-electron chi connectivity index (χ0n) is 12.2. The van der Waals surface area contributed by atoms with E-state index in [2.05, 4.69) is 10.6 Å². The molecular formula is C13H22N2O5. The number of alkyl carbamates (subject to hydrolysis) is 1. The summed E-state index contributed by atoms with van der Waals surface area (Å²) in [4.78, 5) is 32.9. The molecule has 0 rings (SSSR count). The normalized spacial score (nSPS) is 12.8. The lowest BCUT2D eigenvalue weighted by atomic mass is 10.2. The van der Waals surface area contributed by atoms with E-state index in [-0.39, 0.29) is 13.0 Å². The summed E-state index contributed by atoms with van der Waals surface area (Å²) in [5, 5.41) is 13.7.